The summed E-state index contributed by atoms with van der Waals surface area (Å²) in [5, 5.41) is 4.65. The third-order valence-corrected chi connectivity index (χ3v) is 5.02. The molecule has 20 heavy (non-hydrogen) atoms. The molecule has 2 rings (SSSR count). The molecule has 0 amide bonds. The number of hydrogen-bond donors (Lipinski definition) is 1. The van der Waals surface area contributed by atoms with E-state index in [1.807, 2.05) is 19.0 Å². The summed E-state index contributed by atoms with van der Waals surface area (Å²) in [6, 6.07) is 0.618. The summed E-state index contributed by atoms with van der Waals surface area (Å²) in [6.45, 7) is 6.67. The van der Waals surface area contributed by atoms with Crippen molar-refractivity contribution in [2.24, 2.45) is 0 Å². The van der Waals surface area contributed by atoms with Gasteiger partial charge in [0.2, 0.25) is 5.88 Å². The van der Waals surface area contributed by atoms with Crippen molar-refractivity contribution in [3.05, 3.63) is 4.88 Å². The Morgan fingerprint density at radius 2 is 2.10 bits per heavy atom. The number of anilines is 1. The lowest BCUT2D eigenvalue weighted by Crippen LogP contribution is -2.41. The van der Waals surface area contributed by atoms with Crippen LogP contribution >= 0.6 is 11.3 Å². The fraction of sp³-hybridized carbons (Fsp3) is 0.786. The van der Waals surface area contributed by atoms with Gasteiger partial charge in [0.05, 0.1) is 12.0 Å². The van der Waals surface area contributed by atoms with Crippen LogP contribution in [0.4, 0.5) is 5.13 Å². The van der Waals surface area contributed by atoms with E-state index >= 15 is 0 Å². The smallest absolute Gasteiger partial charge is 0.230 e. The molecule has 0 bridgehead atoms. The summed E-state index contributed by atoms with van der Waals surface area (Å²) in [6.07, 6.45) is 2.46. The van der Waals surface area contributed by atoms with Gasteiger partial charge < -0.3 is 19.9 Å². The zero-order chi connectivity index (χ0) is 14.5. The molecule has 0 aromatic carbocycles. The van der Waals surface area contributed by atoms with Crippen LogP contribution in [0.15, 0.2) is 0 Å². The van der Waals surface area contributed by atoms with E-state index in [4.69, 9.17) is 4.74 Å². The molecule has 0 atom stereocenters. The highest BCUT2D eigenvalue weighted by atomic mass is 32.1. The number of likely N-dealkylation sites (tertiary alicyclic amines) is 1. The van der Waals surface area contributed by atoms with Gasteiger partial charge in [-0.3, -0.25) is 0 Å². The maximum Gasteiger partial charge on any atom is 0.230 e. The Labute approximate surface area is 125 Å². The van der Waals surface area contributed by atoms with Gasteiger partial charge in [0.1, 0.15) is 0 Å². The molecule has 0 spiro atoms. The van der Waals surface area contributed by atoms with Crippen molar-refractivity contribution in [3.8, 4) is 5.88 Å². The minimum Gasteiger partial charge on any atom is -0.480 e. The van der Waals surface area contributed by atoms with Crippen molar-refractivity contribution < 1.29 is 4.74 Å². The Kier molecular flexibility index (Phi) is 5.63. The maximum absolute atomic E-state index is 5.37. The van der Waals surface area contributed by atoms with Gasteiger partial charge in [-0.1, -0.05) is 18.3 Å². The van der Waals surface area contributed by atoms with Gasteiger partial charge in [0.25, 0.3) is 0 Å². The molecule has 0 unspecified atom stereocenters. The first-order valence-electron chi connectivity index (χ1n) is 7.30. The molecule has 6 heteroatoms. The predicted octanol–water partition coefficient (Wildman–Crippen LogP) is 1.79. The van der Waals surface area contributed by atoms with Crippen LogP contribution in [0.2, 0.25) is 0 Å². The molecular formula is C14H26N4OS. The first-order chi connectivity index (χ1) is 9.63. The highest BCUT2D eigenvalue weighted by molar-refractivity contribution is 7.15. The minimum absolute atomic E-state index is 0.618. The zero-order valence-electron chi connectivity index (χ0n) is 13.0. The van der Waals surface area contributed by atoms with E-state index in [-0.39, 0.29) is 0 Å². The number of thiazole rings is 1. The number of nitrogens with zero attached hydrogens (tertiary/aromatic N) is 3. The van der Waals surface area contributed by atoms with Gasteiger partial charge in [0, 0.05) is 26.7 Å². The second kappa shape index (κ2) is 7.24. The normalized spacial score (nSPS) is 17.4. The fourth-order valence-electron chi connectivity index (χ4n) is 2.48. The first-order valence-corrected chi connectivity index (χ1v) is 8.12. The summed E-state index contributed by atoms with van der Waals surface area (Å²) in [7, 11) is 5.71. The Bertz CT molecular complexity index is 413. The number of methoxy groups -OCH3 is 1. The van der Waals surface area contributed by atoms with Crippen LogP contribution in [-0.2, 0) is 6.54 Å². The largest absolute Gasteiger partial charge is 0.480 e. The van der Waals surface area contributed by atoms with Crippen molar-refractivity contribution in [1.82, 2.24) is 15.2 Å². The first kappa shape index (κ1) is 15.5. The van der Waals surface area contributed by atoms with E-state index in [1.54, 1.807) is 18.4 Å². The molecule has 5 nitrogen and oxygen atoms in total. The molecule has 1 aromatic heterocycles. The Balaban J connectivity index is 1.87. The number of rotatable bonds is 6. The van der Waals surface area contributed by atoms with Gasteiger partial charge in [0.15, 0.2) is 5.13 Å². The molecular weight excluding hydrogens is 272 g/mol. The number of nitrogens with one attached hydrogen (secondary N) is 1. The van der Waals surface area contributed by atoms with Crippen molar-refractivity contribution >= 4 is 16.5 Å². The molecule has 1 aliphatic heterocycles. The number of aromatic nitrogens is 1. The number of ether oxygens (including phenoxy) is 1. The van der Waals surface area contributed by atoms with E-state index < -0.39 is 0 Å². The van der Waals surface area contributed by atoms with Crippen LogP contribution in [0, 0.1) is 0 Å². The lowest BCUT2D eigenvalue weighted by atomic mass is 10.1. The molecule has 1 aliphatic rings. The average molecular weight is 298 g/mol. The number of piperidine rings is 1. The summed E-state index contributed by atoms with van der Waals surface area (Å²) in [4.78, 5) is 10.2. The fourth-order valence-corrected chi connectivity index (χ4v) is 3.38. The summed E-state index contributed by atoms with van der Waals surface area (Å²) < 4.78 is 5.37. The molecule has 1 aromatic rings. The van der Waals surface area contributed by atoms with Gasteiger partial charge in [-0.05, 0) is 32.5 Å². The zero-order valence-corrected chi connectivity index (χ0v) is 13.8. The van der Waals surface area contributed by atoms with Crippen LogP contribution in [0.1, 0.15) is 24.6 Å². The number of hydrogen-bond acceptors (Lipinski definition) is 6. The van der Waals surface area contributed by atoms with E-state index in [9.17, 15) is 0 Å². The van der Waals surface area contributed by atoms with E-state index in [0.717, 1.165) is 17.6 Å². The van der Waals surface area contributed by atoms with E-state index in [2.05, 4.69) is 22.1 Å². The van der Waals surface area contributed by atoms with Crippen LogP contribution in [-0.4, -0.2) is 56.8 Å². The van der Waals surface area contributed by atoms with Crippen LogP contribution < -0.4 is 15.0 Å². The van der Waals surface area contributed by atoms with Crippen molar-refractivity contribution in [2.75, 3.05) is 45.7 Å². The minimum atomic E-state index is 0.618. The lowest BCUT2D eigenvalue weighted by Gasteiger charge is -2.31. The molecule has 0 radical (unpaired) electrons. The van der Waals surface area contributed by atoms with E-state index in [0.29, 0.717) is 6.04 Å². The Hall–Kier alpha value is -0.850. The predicted molar refractivity (Wildman–Crippen MR) is 85.0 cm³/mol. The molecule has 0 aliphatic carbocycles. The monoisotopic (exact) mass is 298 g/mol. The summed E-state index contributed by atoms with van der Waals surface area (Å²) in [5.74, 6) is 0.761. The van der Waals surface area contributed by atoms with Gasteiger partial charge in [-0.2, -0.15) is 4.98 Å². The van der Waals surface area contributed by atoms with Gasteiger partial charge >= 0.3 is 0 Å². The summed E-state index contributed by atoms with van der Waals surface area (Å²) >= 11 is 1.70. The highest BCUT2D eigenvalue weighted by Gasteiger charge is 2.19. The van der Waals surface area contributed by atoms with E-state index in [1.165, 1.54) is 37.4 Å². The van der Waals surface area contributed by atoms with Crippen molar-refractivity contribution in [2.45, 2.75) is 32.4 Å². The average Bonchev–Trinajstić information content (AvgIpc) is 2.89. The maximum atomic E-state index is 5.37. The Morgan fingerprint density at radius 1 is 1.40 bits per heavy atom. The molecule has 2 heterocycles. The Morgan fingerprint density at radius 3 is 2.65 bits per heavy atom. The molecule has 1 N–H and O–H groups in total. The highest BCUT2D eigenvalue weighted by Crippen LogP contribution is 2.30. The molecule has 1 saturated heterocycles. The van der Waals surface area contributed by atoms with Crippen LogP contribution in [0.25, 0.3) is 0 Å². The third-order valence-electron chi connectivity index (χ3n) is 3.81. The standard InChI is InChI=1S/C14H26N4OS/c1-5-18-8-6-11(7-9-18)15-10-12-13(19-4)16-14(20-12)17(2)3/h11,15H,5-10H2,1-4H3. The molecule has 0 saturated carbocycles. The molecule has 114 valence electrons. The molecule has 1 fully saturated rings. The topological polar surface area (TPSA) is 40.6 Å². The summed E-state index contributed by atoms with van der Waals surface area (Å²) in [5.41, 5.74) is 0. The van der Waals surface area contributed by atoms with Crippen LogP contribution in [0.5, 0.6) is 5.88 Å². The SMILES string of the molecule is CCN1CCC(NCc2sc(N(C)C)nc2OC)CC1. The second-order valence-electron chi connectivity index (χ2n) is 5.41. The van der Waals surface area contributed by atoms with Crippen LogP contribution in [0.3, 0.4) is 0 Å². The van der Waals surface area contributed by atoms with Gasteiger partial charge in [-0.15, -0.1) is 0 Å². The third kappa shape index (κ3) is 3.84. The lowest BCUT2D eigenvalue weighted by molar-refractivity contribution is 0.206. The van der Waals surface area contributed by atoms with Crippen molar-refractivity contribution in [1.29, 1.82) is 0 Å². The quantitative estimate of drug-likeness (QED) is 0.867. The second-order valence-corrected chi connectivity index (χ2v) is 6.47. The van der Waals surface area contributed by atoms with Crippen molar-refractivity contribution in [3.63, 3.8) is 0 Å². The van der Waals surface area contributed by atoms with Gasteiger partial charge in [-0.25, -0.2) is 0 Å².